The smallest absolute Gasteiger partial charge is 0.234 e. The Labute approximate surface area is 135 Å². The van der Waals surface area contributed by atoms with Gasteiger partial charge >= 0.3 is 0 Å². The molecule has 2 aromatic rings. The predicted molar refractivity (Wildman–Crippen MR) is 87.7 cm³/mol. The maximum Gasteiger partial charge on any atom is 0.234 e. The average molecular weight is 370 g/mol. The molecular weight excluding hydrogens is 354 g/mol. The summed E-state index contributed by atoms with van der Waals surface area (Å²) in [6, 6.07) is 7.45. The number of aryl methyl sites for hydroxylation is 1. The monoisotopic (exact) mass is 369 g/mol. The first kappa shape index (κ1) is 15.8. The van der Waals surface area contributed by atoms with E-state index in [-0.39, 0.29) is 11.7 Å². The van der Waals surface area contributed by atoms with Crippen molar-refractivity contribution in [1.82, 2.24) is 14.9 Å². The van der Waals surface area contributed by atoms with Crippen LogP contribution in [-0.2, 0) is 11.2 Å². The zero-order valence-electron chi connectivity index (χ0n) is 11.5. The number of halogens is 1. The van der Waals surface area contributed by atoms with Gasteiger partial charge in [-0.05, 0) is 34.5 Å². The number of nitrogens with zero attached hydrogens (tertiary/aromatic N) is 3. The molecular formula is C13H16BrN5OS. The van der Waals surface area contributed by atoms with Gasteiger partial charge in [-0.25, -0.2) is 4.68 Å². The number of thioether (sulfide) groups is 1. The topological polar surface area (TPSA) is 85.8 Å². The third-order valence-corrected chi connectivity index (χ3v) is 4.32. The van der Waals surface area contributed by atoms with Gasteiger partial charge in [-0.2, -0.15) is 0 Å². The number of hydrogen-bond donors (Lipinski definition) is 2. The van der Waals surface area contributed by atoms with Crippen LogP contribution in [0.1, 0.15) is 19.2 Å². The highest BCUT2D eigenvalue weighted by Crippen LogP contribution is 2.22. The normalized spacial score (nSPS) is 10.6. The van der Waals surface area contributed by atoms with Gasteiger partial charge in [0.2, 0.25) is 11.1 Å². The molecule has 112 valence electrons. The first-order chi connectivity index (χ1) is 10.1. The summed E-state index contributed by atoms with van der Waals surface area (Å²) in [7, 11) is 0. The Hall–Kier alpha value is -1.54. The zero-order valence-corrected chi connectivity index (χ0v) is 13.9. The Balaban J connectivity index is 1.91. The first-order valence-electron chi connectivity index (χ1n) is 6.48. The van der Waals surface area contributed by atoms with E-state index < -0.39 is 0 Å². The molecule has 1 amide bonds. The number of nitrogens with two attached hydrogens (primary N) is 1. The van der Waals surface area contributed by atoms with Crippen molar-refractivity contribution in [3.8, 4) is 0 Å². The lowest BCUT2D eigenvalue weighted by Crippen LogP contribution is -2.17. The summed E-state index contributed by atoms with van der Waals surface area (Å²) >= 11 is 4.65. The minimum Gasteiger partial charge on any atom is -0.336 e. The number of aromatic nitrogens is 3. The Morgan fingerprint density at radius 1 is 1.43 bits per heavy atom. The number of para-hydroxylation sites is 1. The molecule has 0 bridgehead atoms. The lowest BCUT2D eigenvalue weighted by Gasteiger charge is -2.06. The largest absolute Gasteiger partial charge is 0.336 e. The molecule has 0 aliphatic rings. The second kappa shape index (κ2) is 7.46. The third kappa shape index (κ3) is 4.21. The number of anilines is 1. The Kier molecular flexibility index (Phi) is 5.63. The lowest BCUT2D eigenvalue weighted by atomic mass is 10.3. The van der Waals surface area contributed by atoms with Gasteiger partial charge in [-0.15, -0.1) is 10.2 Å². The fourth-order valence-corrected chi connectivity index (χ4v) is 2.74. The summed E-state index contributed by atoms with van der Waals surface area (Å²) in [6.07, 6.45) is 1.72. The van der Waals surface area contributed by atoms with E-state index in [0.717, 1.165) is 28.8 Å². The van der Waals surface area contributed by atoms with Crippen LogP contribution in [0.4, 0.5) is 5.69 Å². The number of hydrogen-bond acceptors (Lipinski definition) is 5. The van der Waals surface area contributed by atoms with Crippen molar-refractivity contribution in [2.75, 3.05) is 16.9 Å². The van der Waals surface area contributed by atoms with Gasteiger partial charge in [0.15, 0.2) is 5.82 Å². The molecule has 1 aromatic heterocycles. The molecule has 1 aromatic carbocycles. The fourth-order valence-electron chi connectivity index (χ4n) is 1.68. The highest BCUT2D eigenvalue weighted by atomic mass is 79.9. The van der Waals surface area contributed by atoms with Crippen LogP contribution in [0.25, 0.3) is 0 Å². The van der Waals surface area contributed by atoms with Crippen LogP contribution >= 0.6 is 27.7 Å². The van der Waals surface area contributed by atoms with Crippen LogP contribution in [0.5, 0.6) is 0 Å². The van der Waals surface area contributed by atoms with Crippen LogP contribution in [-0.4, -0.2) is 26.5 Å². The standard InChI is InChI=1S/C13H16BrN5OS/c1-2-5-11-17-18-13(19(11)15)21-8-12(20)16-10-7-4-3-6-9(10)14/h3-4,6-7H,2,5,8,15H2,1H3,(H,16,20). The van der Waals surface area contributed by atoms with E-state index in [1.54, 1.807) is 0 Å². The molecule has 8 heteroatoms. The van der Waals surface area contributed by atoms with E-state index in [1.807, 2.05) is 31.2 Å². The highest BCUT2D eigenvalue weighted by molar-refractivity contribution is 9.10. The van der Waals surface area contributed by atoms with Crippen molar-refractivity contribution in [2.24, 2.45) is 0 Å². The molecule has 2 rings (SSSR count). The van der Waals surface area contributed by atoms with Crippen molar-refractivity contribution in [3.05, 3.63) is 34.6 Å². The molecule has 0 saturated carbocycles. The predicted octanol–water partition coefficient (Wildman–Crippen LogP) is 2.44. The Bertz CT molecular complexity index is 631. The maximum atomic E-state index is 11.9. The minimum atomic E-state index is -0.119. The van der Waals surface area contributed by atoms with E-state index in [2.05, 4.69) is 31.4 Å². The molecule has 0 radical (unpaired) electrons. The van der Waals surface area contributed by atoms with Crippen LogP contribution < -0.4 is 11.2 Å². The summed E-state index contributed by atoms with van der Waals surface area (Å²) in [5, 5.41) is 11.4. The summed E-state index contributed by atoms with van der Waals surface area (Å²) < 4.78 is 2.29. The number of carbonyl (C=O) groups excluding carboxylic acids is 1. The van der Waals surface area contributed by atoms with Gasteiger partial charge in [0.05, 0.1) is 11.4 Å². The van der Waals surface area contributed by atoms with Crippen molar-refractivity contribution < 1.29 is 4.79 Å². The molecule has 21 heavy (non-hydrogen) atoms. The van der Waals surface area contributed by atoms with Gasteiger partial charge in [-0.3, -0.25) is 4.79 Å². The molecule has 0 saturated heterocycles. The highest BCUT2D eigenvalue weighted by Gasteiger charge is 2.12. The first-order valence-corrected chi connectivity index (χ1v) is 8.26. The summed E-state index contributed by atoms with van der Waals surface area (Å²) in [6.45, 7) is 2.05. The molecule has 0 aliphatic carbocycles. The molecule has 0 aliphatic heterocycles. The number of amides is 1. The third-order valence-electron chi connectivity index (χ3n) is 2.69. The molecule has 0 spiro atoms. The van der Waals surface area contributed by atoms with Gasteiger partial charge in [0.25, 0.3) is 0 Å². The molecule has 6 nitrogen and oxygen atoms in total. The summed E-state index contributed by atoms with van der Waals surface area (Å²) in [5.74, 6) is 6.72. The van der Waals surface area contributed by atoms with Gasteiger partial charge < -0.3 is 11.2 Å². The maximum absolute atomic E-state index is 11.9. The Morgan fingerprint density at radius 2 is 2.19 bits per heavy atom. The van der Waals surface area contributed by atoms with E-state index in [1.165, 1.54) is 16.4 Å². The van der Waals surface area contributed by atoms with E-state index in [4.69, 9.17) is 5.84 Å². The molecule has 3 N–H and O–H groups in total. The number of nitrogen functional groups attached to an aromatic ring is 1. The number of nitrogens with one attached hydrogen (secondary N) is 1. The molecule has 1 heterocycles. The molecule has 0 fully saturated rings. The van der Waals surface area contributed by atoms with E-state index in [9.17, 15) is 4.79 Å². The van der Waals surface area contributed by atoms with Crippen LogP contribution in [0, 0.1) is 0 Å². The fraction of sp³-hybridized carbons (Fsp3) is 0.308. The van der Waals surface area contributed by atoms with Crippen LogP contribution in [0.15, 0.2) is 33.9 Å². The molecule has 0 unspecified atom stereocenters. The van der Waals surface area contributed by atoms with E-state index >= 15 is 0 Å². The van der Waals surface area contributed by atoms with Gasteiger partial charge in [0, 0.05) is 10.9 Å². The number of benzene rings is 1. The quantitative estimate of drug-likeness (QED) is 0.603. The Morgan fingerprint density at radius 3 is 2.90 bits per heavy atom. The summed E-state index contributed by atoms with van der Waals surface area (Å²) in [4.78, 5) is 11.9. The van der Waals surface area contributed by atoms with Crippen LogP contribution in [0.2, 0.25) is 0 Å². The van der Waals surface area contributed by atoms with Crippen molar-refractivity contribution in [2.45, 2.75) is 24.9 Å². The van der Waals surface area contributed by atoms with Gasteiger partial charge in [-0.1, -0.05) is 30.8 Å². The lowest BCUT2D eigenvalue weighted by molar-refractivity contribution is -0.113. The molecule has 0 atom stereocenters. The summed E-state index contributed by atoms with van der Waals surface area (Å²) in [5.41, 5.74) is 0.740. The SMILES string of the molecule is CCCc1nnc(SCC(=O)Nc2ccccc2Br)n1N. The van der Waals surface area contributed by atoms with Crippen molar-refractivity contribution >= 4 is 39.3 Å². The van der Waals surface area contributed by atoms with Crippen molar-refractivity contribution in [3.63, 3.8) is 0 Å². The number of rotatable bonds is 6. The second-order valence-corrected chi connectivity index (χ2v) is 6.13. The van der Waals surface area contributed by atoms with Crippen LogP contribution in [0.3, 0.4) is 0 Å². The number of carbonyl (C=O) groups is 1. The van der Waals surface area contributed by atoms with E-state index in [0.29, 0.717) is 5.16 Å². The zero-order chi connectivity index (χ0) is 15.2. The average Bonchev–Trinajstić information content (AvgIpc) is 2.81. The second-order valence-electron chi connectivity index (χ2n) is 4.34. The van der Waals surface area contributed by atoms with Crippen molar-refractivity contribution in [1.29, 1.82) is 0 Å². The van der Waals surface area contributed by atoms with Gasteiger partial charge in [0.1, 0.15) is 0 Å². The minimum absolute atomic E-state index is 0.119.